The lowest BCUT2D eigenvalue weighted by Crippen LogP contribution is -2.58. The Bertz CT molecular complexity index is 1130. The number of ether oxygens (including phenoxy) is 2. The van der Waals surface area contributed by atoms with Crippen LogP contribution in [0.2, 0.25) is 0 Å². The van der Waals surface area contributed by atoms with E-state index in [1.165, 1.54) is 0 Å². The predicted molar refractivity (Wildman–Crippen MR) is 192 cm³/mol. The first kappa shape index (κ1) is 43.2. The molecule has 5 N–H and O–H groups in total. The van der Waals surface area contributed by atoms with E-state index in [9.17, 15) is 24.3 Å². The van der Waals surface area contributed by atoms with Gasteiger partial charge in [0.05, 0.1) is 31.4 Å². The van der Waals surface area contributed by atoms with Crippen LogP contribution in [-0.4, -0.2) is 77.2 Å². The van der Waals surface area contributed by atoms with Crippen molar-refractivity contribution in [3.05, 3.63) is 35.9 Å². The minimum absolute atomic E-state index is 0.123. The highest BCUT2D eigenvalue weighted by Gasteiger charge is 2.33. The van der Waals surface area contributed by atoms with Crippen molar-refractivity contribution >= 4 is 36.4 Å². The Morgan fingerprint density at radius 3 is 1.92 bits per heavy atom. The predicted octanol–water partition coefficient (Wildman–Crippen LogP) is 4.62. The summed E-state index contributed by atoms with van der Waals surface area (Å²) < 4.78 is 11.2. The molecule has 0 saturated carbocycles. The molecule has 0 aliphatic heterocycles. The molecule has 11 nitrogen and oxygen atoms in total. The molecule has 0 aromatic heterocycles. The average Bonchev–Trinajstić information content (AvgIpc) is 2.97. The number of thiol groups is 1. The molecular weight excluding hydrogens is 632 g/mol. The van der Waals surface area contributed by atoms with E-state index in [2.05, 4.69) is 33.9 Å². The lowest BCUT2D eigenvalue weighted by molar-refractivity contribution is -0.131. The van der Waals surface area contributed by atoms with E-state index < -0.39 is 53.7 Å². The Balaban J connectivity index is 2.91. The zero-order valence-corrected chi connectivity index (χ0v) is 31.6. The molecule has 0 fully saturated rings. The van der Waals surface area contributed by atoms with E-state index in [0.29, 0.717) is 25.4 Å². The summed E-state index contributed by atoms with van der Waals surface area (Å²) in [5.74, 6) is -1.48. The fourth-order valence-corrected chi connectivity index (χ4v) is 5.23. The second-order valence-electron chi connectivity index (χ2n) is 14.7. The van der Waals surface area contributed by atoms with E-state index >= 15 is 0 Å². The summed E-state index contributed by atoms with van der Waals surface area (Å²) in [5.41, 5.74) is 0.308. The lowest BCUT2D eigenvalue weighted by atomic mass is 9.91. The van der Waals surface area contributed by atoms with Crippen LogP contribution in [0, 0.1) is 23.7 Å². The van der Waals surface area contributed by atoms with Gasteiger partial charge >= 0.3 is 6.09 Å². The van der Waals surface area contributed by atoms with Crippen LogP contribution < -0.4 is 21.3 Å². The number of benzene rings is 1. The number of aliphatic hydroxyl groups is 1. The summed E-state index contributed by atoms with van der Waals surface area (Å²) in [6, 6.07) is 7.05. The molecule has 1 aromatic carbocycles. The van der Waals surface area contributed by atoms with Gasteiger partial charge in [-0.15, -0.1) is 0 Å². The number of alkyl carbamates (subject to hydrolysis) is 1. The maximum atomic E-state index is 13.5. The Morgan fingerprint density at radius 1 is 0.792 bits per heavy atom. The van der Waals surface area contributed by atoms with Gasteiger partial charge in [-0.1, -0.05) is 78.8 Å². The first-order valence-corrected chi connectivity index (χ1v) is 17.8. The first-order valence-electron chi connectivity index (χ1n) is 17.2. The van der Waals surface area contributed by atoms with Gasteiger partial charge in [-0.3, -0.25) is 14.4 Å². The molecule has 0 spiro atoms. The van der Waals surface area contributed by atoms with Crippen LogP contribution in [0.5, 0.6) is 0 Å². The van der Waals surface area contributed by atoms with Gasteiger partial charge in [-0.05, 0) is 69.1 Å². The van der Waals surface area contributed by atoms with Gasteiger partial charge in [0.15, 0.2) is 0 Å². The van der Waals surface area contributed by atoms with Crippen molar-refractivity contribution in [2.24, 2.45) is 23.7 Å². The molecule has 4 amide bonds. The monoisotopic (exact) mass is 694 g/mol. The largest absolute Gasteiger partial charge is 0.444 e. The summed E-state index contributed by atoms with van der Waals surface area (Å²) in [4.78, 5) is 52.4. The highest BCUT2D eigenvalue weighted by atomic mass is 32.1. The number of aliphatic hydroxyl groups excluding tert-OH is 1. The molecule has 0 bridgehead atoms. The average molecular weight is 695 g/mol. The van der Waals surface area contributed by atoms with Crippen LogP contribution in [0.4, 0.5) is 4.79 Å². The van der Waals surface area contributed by atoms with Gasteiger partial charge in [0.1, 0.15) is 17.7 Å². The molecule has 6 atom stereocenters. The molecule has 0 saturated heterocycles. The van der Waals surface area contributed by atoms with Crippen LogP contribution >= 0.6 is 12.6 Å². The second-order valence-corrected chi connectivity index (χ2v) is 15.2. The van der Waals surface area contributed by atoms with Gasteiger partial charge in [0, 0.05) is 5.92 Å². The Labute approximate surface area is 293 Å². The SMILES string of the molecule is CC(C)C[C@H](NC(=O)[C@H](CCS)NC(=O)[C@@H](NC(=O)OC(C)(C)C)C(C)C)[C@@H](O)C[C@@H](C)C(=O)N[C@H](COCc1ccccc1)C(C)C. The third-order valence-corrected chi connectivity index (χ3v) is 8.03. The fraction of sp³-hybridized carbons (Fsp3) is 0.722. The van der Waals surface area contributed by atoms with Crippen molar-refractivity contribution in [1.29, 1.82) is 0 Å². The Morgan fingerprint density at radius 2 is 1.40 bits per heavy atom. The van der Waals surface area contributed by atoms with E-state index in [1.54, 1.807) is 41.5 Å². The summed E-state index contributed by atoms with van der Waals surface area (Å²) in [6.07, 6.45) is -0.945. The van der Waals surface area contributed by atoms with Crippen molar-refractivity contribution in [1.82, 2.24) is 21.3 Å². The maximum Gasteiger partial charge on any atom is 0.408 e. The van der Waals surface area contributed by atoms with Crippen molar-refractivity contribution in [3.8, 4) is 0 Å². The number of carbonyl (C=O) groups is 4. The Hall–Kier alpha value is -2.83. The molecule has 48 heavy (non-hydrogen) atoms. The highest BCUT2D eigenvalue weighted by molar-refractivity contribution is 7.80. The molecule has 0 radical (unpaired) electrons. The quantitative estimate of drug-likeness (QED) is 0.109. The number of carbonyl (C=O) groups excluding carboxylic acids is 4. The number of hydrogen-bond acceptors (Lipinski definition) is 8. The van der Waals surface area contributed by atoms with Crippen molar-refractivity contribution in [2.75, 3.05) is 12.4 Å². The van der Waals surface area contributed by atoms with Crippen LogP contribution in [0.3, 0.4) is 0 Å². The van der Waals surface area contributed by atoms with Gasteiger partial charge in [-0.25, -0.2) is 4.79 Å². The number of amides is 4. The highest BCUT2D eigenvalue weighted by Crippen LogP contribution is 2.17. The van der Waals surface area contributed by atoms with Crippen LogP contribution in [-0.2, 0) is 30.5 Å². The summed E-state index contributed by atoms with van der Waals surface area (Å²) in [7, 11) is 0. The zero-order chi connectivity index (χ0) is 36.6. The number of nitrogens with one attached hydrogen (secondary N) is 4. The van der Waals surface area contributed by atoms with E-state index in [0.717, 1.165) is 5.56 Å². The molecule has 0 unspecified atom stereocenters. The third kappa shape index (κ3) is 17.0. The van der Waals surface area contributed by atoms with E-state index in [-0.39, 0.29) is 42.5 Å². The minimum atomic E-state index is -1.02. The minimum Gasteiger partial charge on any atom is -0.444 e. The Kier molecular flexibility index (Phi) is 19.2. The van der Waals surface area contributed by atoms with Gasteiger partial charge in [-0.2, -0.15) is 12.6 Å². The zero-order valence-electron chi connectivity index (χ0n) is 30.7. The van der Waals surface area contributed by atoms with Gasteiger partial charge in [0.2, 0.25) is 17.7 Å². The molecule has 1 aromatic rings. The summed E-state index contributed by atoms with van der Waals surface area (Å²) >= 11 is 4.28. The van der Waals surface area contributed by atoms with E-state index in [4.69, 9.17) is 9.47 Å². The molecule has 0 aliphatic rings. The van der Waals surface area contributed by atoms with Crippen LogP contribution in [0.1, 0.15) is 94.1 Å². The molecule has 0 aliphatic carbocycles. The van der Waals surface area contributed by atoms with Crippen LogP contribution in [0.25, 0.3) is 0 Å². The van der Waals surface area contributed by atoms with Crippen LogP contribution in [0.15, 0.2) is 30.3 Å². The maximum absolute atomic E-state index is 13.5. The second kappa shape index (κ2) is 21.3. The number of hydrogen-bond donors (Lipinski definition) is 6. The normalized spacial score (nSPS) is 15.6. The lowest BCUT2D eigenvalue weighted by Gasteiger charge is -2.31. The topological polar surface area (TPSA) is 155 Å². The molecule has 12 heteroatoms. The molecule has 1 rings (SSSR count). The summed E-state index contributed by atoms with van der Waals surface area (Å²) in [5, 5.41) is 22.7. The number of rotatable bonds is 20. The molecule has 0 heterocycles. The first-order chi connectivity index (χ1) is 22.3. The standard InChI is InChI=1S/C36H62N4O7S/c1-22(2)18-28(30(41)19-25(7)32(42)39-29(23(3)4)21-46-20-26-14-12-11-13-15-26)38-33(43)27(16-17-48)37-34(44)31(24(5)6)40-35(45)47-36(8,9)10/h11-15,22-25,27-31,41,48H,16-21H2,1-10H3,(H,37,44)(H,38,43)(H,39,42)(H,40,45)/t25-,27+,28+,29-,30+,31+/m1/s1. The third-order valence-electron chi connectivity index (χ3n) is 7.77. The molecular formula is C36H62N4O7S. The smallest absolute Gasteiger partial charge is 0.408 e. The van der Waals surface area contributed by atoms with Gasteiger partial charge < -0.3 is 35.8 Å². The van der Waals surface area contributed by atoms with Gasteiger partial charge in [0.25, 0.3) is 0 Å². The molecule has 274 valence electrons. The summed E-state index contributed by atoms with van der Waals surface area (Å²) in [6.45, 7) is 19.3. The fourth-order valence-electron chi connectivity index (χ4n) is 4.97. The van der Waals surface area contributed by atoms with E-state index in [1.807, 2.05) is 58.0 Å². The van der Waals surface area contributed by atoms with Crippen molar-refractivity contribution in [3.63, 3.8) is 0 Å². The van der Waals surface area contributed by atoms with Crippen molar-refractivity contribution in [2.45, 2.75) is 131 Å². The van der Waals surface area contributed by atoms with Crippen molar-refractivity contribution < 1.29 is 33.8 Å².